The van der Waals surface area contributed by atoms with Crippen molar-refractivity contribution in [2.45, 2.75) is 46.5 Å². The predicted molar refractivity (Wildman–Crippen MR) is 64.8 cm³/mol. The highest BCUT2D eigenvalue weighted by atomic mass is 14.9. The van der Waals surface area contributed by atoms with Gasteiger partial charge in [0.2, 0.25) is 0 Å². The molecule has 0 saturated heterocycles. The second-order valence-electron chi connectivity index (χ2n) is 8.20. The van der Waals surface area contributed by atoms with Gasteiger partial charge in [-0.15, -0.1) is 0 Å². The van der Waals surface area contributed by atoms with Crippen molar-refractivity contribution in [3.05, 3.63) is 0 Å². The van der Waals surface area contributed by atoms with E-state index in [1.54, 1.807) is 19.3 Å². The van der Waals surface area contributed by atoms with Crippen molar-refractivity contribution in [1.29, 1.82) is 0 Å². The Hall–Kier alpha value is 0. The fourth-order valence-corrected chi connectivity index (χ4v) is 8.11. The van der Waals surface area contributed by atoms with E-state index in [4.69, 9.17) is 0 Å². The minimum absolute atomic E-state index is 0.817. The third kappa shape index (κ3) is 0.543. The van der Waals surface area contributed by atoms with Gasteiger partial charge in [0.05, 0.1) is 0 Å². The van der Waals surface area contributed by atoms with Crippen LogP contribution in [0.3, 0.4) is 0 Å². The summed E-state index contributed by atoms with van der Waals surface area (Å²) >= 11 is 0. The molecule has 5 aliphatic carbocycles. The molecule has 0 aromatic rings. The molecule has 16 heavy (non-hydrogen) atoms. The lowest BCUT2D eigenvalue weighted by atomic mass is 9.11. The Morgan fingerprint density at radius 3 is 2.56 bits per heavy atom. The van der Waals surface area contributed by atoms with Gasteiger partial charge >= 0.3 is 0 Å². The first-order valence-corrected chi connectivity index (χ1v) is 7.64. The van der Waals surface area contributed by atoms with E-state index in [0.29, 0.717) is 0 Å². The van der Waals surface area contributed by atoms with Crippen LogP contribution in [0.1, 0.15) is 46.5 Å². The molecule has 0 bridgehead atoms. The van der Waals surface area contributed by atoms with Gasteiger partial charge < -0.3 is 0 Å². The molecule has 0 amide bonds. The maximum atomic E-state index is 2.67. The van der Waals surface area contributed by atoms with Crippen molar-refractivity contribution in [2.75, 3.05) is 0 Å². The predicted octanol–water partition coefficient (Wildman–Crippen LogP) is 3.96. The van der Waals surface area contributed by atoms with Crippen molar-refractivity contribution in [3.63, 3.8) is 0 Å². The van der Waals surface area contributed by atoms with E-state index >= 15 is 0 Å². The molecule has 0 heterocycles. The third-order valence-electron chi connectivity index (χ3n) is 8.40. The van der Waals surface area contributed by atoms with E-state index in [2.05, 4.69) is 20.8 Å². The molecule has 9 unspecified atom stereocenters. The van der Waals surface area contributed by atoms with Crippen LogP contribution < -0.4 is 0 Å². The molecule has 5 rings (SSSR count). The molecule has 88 valence electrons. The minimum atomic E-state index is 0.817. The first-order valence-electron chi connectivity index (χ1n) is 7.64. The van der Waals surface area contributed by atoms with Gasteiger partial charge in [-0.2, -0.15) is 0 Å². The maximum Gasteiger partial charge on any atom is -0.0224 e. The van der Waals surface area contributed by atoms with Crippen LogP contribution in [0.2, 0.25) is 0 Å². The Kier molecular flexibility index (Phi) is 1.21. The lowest BCUT2D eigenvalue weighted by molar-refractivity contribution is -0.456. The topological polar surface area (TPSA) is 0 Å². The summed E-state index contributed by atoms with van der Waals surface area (Å²) in [6.07, 6.45) is 6.21. The monoisotopic (exact) mass is 216 g/mol. The minimum Gasteiger partial charge on any atom is -0.0651 e. The molecule has 5 fully saturated rings. The summed E-state index contributed by atoms with van der Waals surface area (Å²) in [5.74, 6) is 8.24. The molecule has 0 aromatic heterocycles. The van der Waals surface area contributed by atoms with E-state index in [1.165, 1.54) is 41.9 Å². The SMILES string of the molecule is CCC1CC2(C)C1C1C3C4CCC4C3(C)C12. The van der Waals surface area contributed by atoms with Gasteiger partial charge in [-0.05, 0) is 71.5 Å². The first-order chi connectivity index (χ1) is 7.64. The number of fused-ring (bicyclic) bond motifs is 10. The van der Waals surface area contributed by atoms with Crippen LogP contribution in [-0.4, -0.2) is 0 Å². The molecule has 0 spiro atoms. The fourth-order valence-electron chi connectivity index (χ4n) is 8.11. The Morgan fingerprint density at radius 2 is 1.94 bits per heavy atom. The highest BCUT2D eigenvalue weighted by molar-refractivity contribution is 5.35. The van der Waals surface area contributed by atoms with Crippen LogP contribution in [0, 0.1) is 52.3 Å². The molecule has 5 saturated carbocycles. The standard InChI is InChI=1S/C16H24/c1-4-8-7-15(2)12(8)11-13-9-5-6-10(9)16(13,3)14(11)15/h8-14H,4-7H2,1-3H3. The van der Waals surface area contributed by atoms with E-state index in [0.717, 1.165) is 16.7 Å². The molecule has 0 nitrogen and oxygen atoms in total. The second-order valence-corrected chi connectivity index (χ2v) is 8.20. The van der Waals surface area contributed by atoms with Crippen LogP contribution in [-0.2, 0) is 0 Å². The molecular weight excluding hydrogens is 192 g/mol. The Bertz CT molecular complexity index is 379. The van der Waals surface area contributed by atoms with Crippen LogP contribution in [0.15, 0.2) is 0 Å². The van der Waals surface area contributed by atoms with E-state index < -0.39 is 0 Å². The molecule has 0 heteroatoms. The molecule has 9 atom stereocenters. The average Bonchev–Trinajstić information content (AvgIpc) is 2.19. The van der Waals surface area contributed by atoms with Crippen LogP contribution in [0.25, 0.3) is 0 Å². The average molecular weight is 216 g/mol. The van der Waals surface area contributed by atoms with Gasteiger partial charge in [0.25, 0.3) is 0 Å². The summed E-state index contributed by atoms with van der Waals surface area (Å²) < 4.78 is 0. The van der Waals surface area contributed by atoms with Crippen molar-refractivity contribution in [3.8, 4) is 0 Å². The second kappa shape index (κ2) is 2.15. The Labute approximate surface area is 99.2 Å². The first kappa shape index (κ1) is 9.00. The summed E-state index contributed by atoms with van der Waals surface area (Å²) in [5, 5.41) is 0. The number of hydrogen-bond donors (Lipinski definition) is 0. The summed E-state index contributed by atoms with van der Waals surface area (Å²) in [4.78, 5) is 0. The highest BCUT2D eigenvalue weighted by Gasteiger charge is 2.88. The largest absolute Gasteiger partial charge is 0.0651 e. The molecule has 0 aromatic carbocycles. The third-order valence-corrected chi connectivity index (χ3v) is 8.40. The molecule has 0 aliphatic heterocycles. The van der Waals surface area contributed by atoms with Gasteiger partial charge in [-0.3, -0.25) is 0 Å². The van der Waals surface area contributed by atoms with Crippen molar-refractivity contribution in [1.82, 2.24) is 0 Å². The summed E-state index contributed by atoms with van der Waals surface area (Å²) in [5.41, 5.74) is 1.66. The van der Waals surface area contributed by atoms with Gasteiger partial charge in [0, 0.05) is 0 Å². The van der Waals surface area contributed by atoms with Gasteiger partial charge in [-0.25, -0.2) is 0 Å². The van der Waals surface area contributed by atoms with Crippen LogP contribution in [0.5, 0.6) is 0 Å². The zero-order chi connectivity index (χ0) is 10.9. The number of hydrogen-bond acceptors (Lipinski definition) is 0. The van der Waals surface area contributed by atoms with Crippen molar-refractivity contribution >= 4 is 0 Å². The van der Waals surface area contributed by atoms with E-state index in [-0.39, 0.29) is 0 Å². The zero-order valence-electron chi connectivity index (χ0n) is 10.9. The summed E-state index contributed by atoms with van der Waals surface area (Å²) in [6, 6.07) is 0. The zero-order valence-corrected chi connectivity index (χ0v) is 10.9. The van der Waals surface area contributed by atoms with Crippen molar-refractivity contribution in [2.24, 2.45) is 52.3 Å². The highest BCUT2D eigenvalue weighted by Crippen LogP contribution is 2.92. The maximum absolute atomic E-state index is 2.67. The quantitative estimate of drug-likeness (QED) is 0.582. The molecule has 0 N–H and O–H groups in total. The van der Waals surface area contributed by atoms with Crippen LogP contribution in [0.4, 0.5) is 0 Å². The molecular formula is C16H24. The van der Waals surface area contributed by atoms with E-state index in [9.17, 15) is 0 Å². The Morgan fingerprint density at radius 1 is 1.12 bits per heavy atom. The summed E-state index contributed by atoms with van der Waals surface area (Å²) in [7, 11) is 0. The van der Waals surface area contributed by atoms with Crippen molar-refractivity contribution < 1.29 is 0 Å². The normalized spacial score (nSPS) is 77.1. The molecule has 0 radical (unpaired) electrons. The summed E-state index contributed by atoms with van der Waals surface area (Å²) in [6.45, 7) is 7.72. The lowest BCUT2D eigenvalue weighted by Crippen LogP contribution is -2.88. The van der Waals surface area contributed by atoms with Gasteiger partial charge in [0.1, 0.15) is 0 Å². The molecule has 5 aliphatic rings. The fraction of sp³-hybridized carbons (Fsp3) is 1.00. The van der Waals surface area contributed by atoms with Crippen LogP contribution >= 0.6 is 0 Å². The van der Waals surface area contributed by atoms with Gasteiger partial charge in [0.15, 0.2) is 0 Å². The smallest absolute Gasteiger partial charge is 0.0224 e. The number of rotatable bonds is 1. The lowest BCUT2D eigenvalue weighted by Gasteiger charge is -2.93. The van der Waals surface area contributed by atoms with E-state index in [1.807, 2.05) is 0 Å². The Balaban J connectivity index is 1.51. The van der Waals surface area contributed by atoms with Gasteiger partial charge in [-0.1, -0.05) is 27.2 Å².